The number of amides is 2. The summed E-state index contributed by atoms with van der Waals surface area (Å²) in [4.78, 5) is 24.0. The fourth-order valence-electron chi connectivity index (χ4n) is 2.11. The zero-order valence-electron chi connectivity index (χ0n) is 14.3. The molecule has 0 aliphatic carbocycles. The second-order valence-corrected chi connectivity index (χ2v) is 7.54. The fraction of sp³-hybridized carbons (Fsp3) is 0.222. The summed E-state index contributed by atoms with van der Waals surface area (Å²) in [5.74, 6) is -0.952. The molecule has 0 unspecified atom stereocenters. The molecule has 2 rings (SSSR count). The van der Waals surface area contributed by atoms with Gasteiger partial charge in [0.25, 0.3) is 5.91 Å². The van der Waals surface area contributed by atoms with E-state index < -0.39 is 15.7 Å². The van der Waals surface area contributed by atoms with E-state index in [2.05, 4.69) is 10.6 Å². The van der Waals surface area contributed by atoms with E-state index >= 15 is 0 Å². The monoisotopic (exact) mass is 376 g/mol. The quantitative estimate of drug-likeness (QED) is 0.727. The molecule has 0 fully saturated rings. The zero-order chi connectivity index (χ0) is 19.0. The topological polar surface area (TPSA) is 102 Å². The average Bonchev–Trinajstić information content (AvgIpc) is 2.65. The second kappa shape index (κ2) is 9.12. The first-order chi connectivity index (χ1) is 12.4. The predicted octanol–water partition coefficient (Wildman–Crippen LogP) is 1.48. The first-order valence-electron chi connectivity index (χ1n) is 7.87. The van der Waals surface area contributed by atoms with Gasteiger partial charge < -0.3 is 15.4 Å². The third-order valence-corrected chi connectivity index (χ3v) is 5.19. The maximum Gasteiger partial charge on any atom is 0.251 e. The molecule has 138 valence electrons. The van der Waals surface area contributed by atoms with Crippen LogP contribution in [0.15, 0.2) is 59.5 Å². The normalized spacial score (nSPS) is 11.0. The Morgan fingerprint density at radius 3 is 2.27 bits per heavy atom. The van der Waals surface area contributed by atoms with Crippen molar-refractivity contribution in [2.24, 2.45) is 0 Å². The molecule has 0 radical (unpaired) electrons. The van der Waals surface area contributed by atoms with Gasteiger partial charge in [-0.2, -0.15) is 0 Å². The smallest absolute Gasteiger partial charge is 0.251 e. The molecule has 2 aromatic rings. The van der Waals surface area contributed by atoms with Crippen LogP contribution in [0.1, 0.15) is 10.4 Å². The van der Waals surface area contributed by atoms with Crippen LogP contribution in [0.3, 0.4) is 0 Å². The minimum Gasteiger partial charge on any atom is -0.384 e. The minimum absolute atomic E-state index is 0.0983. The first-order valence-corrected chi connectivity index (χ1v) is 9.52. The summed E-state index contributed by atoms with van der Waals surface area (Å²) in [5, 5.41) is 5.14. The van der Waals surface area contributed by atoms with Crippen LogP contribution in [0.5, 0.6) is 0 Å². The number of anilines is 1. The number of sulfone groups is 1. The Balaban J connectivity index is 1.90. The number of carbonyl (C=O) groups excluding carboxylic acids is 2. The number of rotatable bonds is 8. The van der Waals surface area contributed by atoms with Gasteiger partial charge in [0, 0.05) is 18.4 Å². The number of hydrogen-bond acceptors (Lipinski definition) is 5. The van der Waals surface area contributed by atoms with Gasteiger partial charge in [-0.15, -0.1) is 0 Å². The van der Waals surface area contributed by atoms with Crippen LogP contribution in [0, 0.1) is 0 Å². The molecule has 26 heavy (non-hydrogen) atoms. The largest absolute Gasteiger partial charge is 0.384 e. The molecule has 8 heteroatoms. The Morgan fingerprint density at radius 1 is 1.00 bits per heavy atom. The number of benzene rings is 2. The van der Waals surface area contributed by atoms with Crippen molar-refractivity contribution >= 4 is 27.3 Å². The van der Waals surface area contributed by atoms with Crippen LogP contribution in [-0.2, 0) is 19.4 Å². The Kier molecular flexibility index (Phi) is 6.88. The first kappa shape index (κ1) is 19.6. The number of para-hydroxylation sites is 1. The van der Waals surface area contributed by atoms with Crippen molar-refractivity contribution < 1.29 is 22.7 Å². The highest BCUT2D eigenvalue weighted by molar-refractivity contribution is 7.91. The highest BCUT2D eigenvalue weighted by atomic mass is 32.2. The summed E-state index contributed by atoms with van der Waals surface area (Å²) in [7, 11) is -2.02. The van der Waals surface area contributed by atoms with E-state index in [1.807, 2.05) is 6.07 Å². The third kappa shape index (κ3) is 5.68. The van der Waals surface area contributed by atoms with Crippen LogP contribution in [0.25, 0.3) is 0 Å². The van der Waals surface area contributed by atoms with Crippen molar-refractivity contribution in [1.29, 1.82) is 0 Å². The molecular formula is C18H20N2O5S. The van der Waals surface area contributed by atoms with Crippen LogP contribution in [0.4, 0.5) is 5.69 Å². The number of ether oxygens (including phenoxy) is 1. The van der Waals surface area contributed by atoms with Crippen LogP contribution in [0.2, 0.25) is 0 Å². The van der Waals surface area contributed by atoms with Gasteiger partial charge in [-0.1, -0.05) is 18.2 Å². The molecule has 2 amide bonds. The fourth-order valence-corrected chi connectivity index (χ4v) is 3.29. The lowest BCUT2D eigenvalue weighted by Gasteiger charge is -2.08. The number of carbonyl (C=O) groups is 2. The lowest BCUT2D eigenvalue weighted by atomic mass is 10.2. The number of nitrogens with one attached hydrogen (secondary N) is 2. The number of hydrogen-bond donors (Lipinski definition) is 2. The van der Waals surface area contributed by atoms with Crippen LogP contribution < -0.4 is 10.6 Å². The van der Waals surface area contributed by atoms with Crippen molar-refractivity contribution in [3.63, 3.8) is 0 Å². The third-order valence-electron chi connectivity index (χ3n) is 3.50. The van der Waals surface area contributed by atoms with E-state index in [-0.39, 0.29) is 35.3 Å². The van der Waals surface area contributed by atoms with E-state index in [9.17, 15) is 18.0 Å². The lowest BCUT2D eigenvalue weighted by Crippen LogP contribution is -2.32. The molecule has 0 heterocycles. The summed E-state index contributed by atoms with van der Waals surface area (Å²) in [6, 6.07) is 14.4. The van der Waals surface area contributed by atoms with Gasteiger partial charge in [0.05, 0.1) is 23.8 Å². The molecule has 0 aliphatic rings. The molecule has 0 saturated heterocycles. The number of methoxy groups -OCH3 is 1. The van der Waals surface area contributed by atoms with Gasteiger partial charge in [0.15, 0.2) is 9.84 Å². The second-order valence-electron chi connectivity index (χ2n) is 5.43. The van der Waals surface area contributed by atoms with E-state index in [0.717, 1.165) is 0 Å². The van der Waals surface area contributed by atoms with Gasteiger partial charge in [0.2, 0.25) is 5.91 Å². The SMILES string of the molecule is COCCS(=O)(=O)c1ccc(C(=O)NCC(=O)Nc2ccccc2)cc1. The molecule has 0 bridgehead atoms. The van der Waals surface area contributed by atoms with Crippen molar-refractivity contribution in [3.8, 4) is 0 Å². The van der Waals surface area contributed by atoms with Crippen molar-refractivity contribution in [2.75, 3.05) is 31.3 Å². The van der Waals surface area contributed by atoms with Crippen molar-refractivity contribution in [1.82, 2.24) is 5.32 Å². The summed E-state index contributed by atoms with van der Waals surface area (Å²) in [6.45, 7) is -0.0945. The minimum atomic E-state index is -3.45. The molecule has 7 nitrogen and oxygen atoms in total. The molecule has 0 spiro atoms. The van der Waals surface area contributed by atoms with E-state index in [4.69, 9.17) is 4.74 Å². The Hall–Kier alpha value is -2.71. The Bertz CT molecular complexity index is 849. The Morgan fingerprint density at radius 2 is 1.65 bits per heavy atom. The molecule has 0 atom stereocenters. The summed E-state index contributed by atoms with van der Waals surface area (Å²) in [5.41, 5.74) is 0.903. The maximum atomic E-state index is 12.1. The average molecular weight is 376 g/mol. The zero-order valence-corrected chi connectivity index (χ0v) is 15.1. The molecule has 0 aromatic heterocycles. The van der Waals surface area contributed by atoms with Gasteiger partial charge >= 0.3 is 0 Å². The van der Waals surface area contributed by atoms with E-state index in [1.54, 1.807) is 24.3 Å². The standard InChI is InChI=1S/C18H20N2O5S/c1-25-11-12-26(23,24)16-9-7-14(8-10-16)18(22)19-13-17(21)20-15-5-3-2-4-6-15/h2-10H,11-13H2,1H3,(H,19,22)(H,20,21). The van der Waals surface area contributed by atoms with Gasteiger partial charge in [0.1, 0.15) is 0 Å². The maximum absolute atomic E-state index is 12.1. The summed E-state index contributed by atoms with van der Waals surface area (Å²) < 4.78 is 28.8. The molecule has 0 aliphatic heterocycles. The molecular weight excluding hydrogens is 356 g/mol. The highest BCUT2D eigenvalue weighted by Gasteiger charge is 2.15. The lowest BCUT2D eigenvalue weighted by molar-refractivity contribution is -0.115. The van der Waals surface area contributed by atoms with Crippen molar-refractivity contribution in [3.05, 3.63) is 60.2 Å². The van der Waals surface area contributed by atoms with Crippen LogP contribution >= 0.6 is 0 Å². The van der Waals surface area contributed by atoms with Gasteiger partial charge in [-0.25, -0.2) is 8.42 Å². The highest BCUT2D eigenvalue weighted by Crippen LogP contribution is 2.12. The van der Waals surface area contributed by atoms with Crippen molar-refractivity contribution in [2.45, 2.75) is 4.90 Å². The Labute approximate surface area is 152 Å². The molecule has 2 N–H and O–H groups in total. The van der Waals surface area contributed by atoms with Gasteiger partial charge in [-0.05, 0) is 36.4 Å². The summed E-state index contributed by atoms with van der Waals surface area (Å²) >= 11 is 0. The molecule has 0 saturated carbocycles. The van der Waals surface area contributed by atoms with E-state index in [1.165, 1.54) is 31.4 Å². The van der Waals surface area contributed by atoms with Gasteiger partial charge in [-0.3, -0.25) is 9.59 Å². The predicted molar refractivity (Wildman–Crippen MR) is 97.8 cm³/mol. The molecule has 2 aromatic carbocycles. The van der Waals surface area contributed by atoms with E-state index in [0.29, 0.717) is 5.69 Å². The summed E-state index contributed by atoms with van der Waals surface area (Å²) in [6.07, 6.45) is 0. The van der Waals surface area contributed by atoms with Crippen LogP contribution in [-0.4, -0.2) is 46.2 Å².